The summed E-state index contributed by atoms with van der Waals surface area (Å²) >= 11 is 0. The summed E-state index contributed by atoms with van der Waals surface area (Å²) in [5.74, 6) is 0.971. The van der Waals surface area contributed by atoms with Crippen molar-refractivity contribution in [2.75, 3.05) is 20.1 Å². The Hall–Kier alpha value is -2.66. The van der Waals surface area contributed by atoms with E-state index in [2.05, 4.69) is 41.3 Å². The Kier molecular flexibility index (Phi) is 6.02. The summed E-state index contributed by atoms with van der Waals surface area (Å²) < 4.78 is 2.01. The van der Waals surface area contributed by atoms with Crippen LogP contribution in [0.25, 0.3) is 11.0 Å². The monoisotopic (exact) mass is 350 g/mol. The summed E-state index contributed by atoms with van der Waals surface area (Å²) in [5, 5.41) is 3.02. The van der Waals surface area contributed by atoms with Gasteiger partial charge in [0, 0.05) is 26.1 Å². The van der Waals surface area contributed by atoms with E-state index in [0.717, 1.165) is 36.4 Å². The Morgan fingerprint density at radius 2 is 1.85 bits per heavy atom. The summed E-state index contributed by atoms with van der Waals surface area (Å²) in [7, 11) is 2.07. The van der Waals surface area contributed by atoms with Crippen molar-refractivity contribution in [1.29, 1.82) is 0 Å². The summed E-state index contributed by atoms with van der Waals surface area (Å²) in [6.07, 6.45) is 0.807. The summed E-state index contributed by atoms with van der Waals surface area (Å²) in [5.41, 5.74) is 3.24. The van der Waals surface area contributed by atoms with Crippen molar-refractivity contribution < 1.29 is 4.79 Å². The highest BCUT2D eigenvalue weighted by molar-refractivity contribution is 5.81. The molecule has 1 heterocycles. The van der Waals surface area contributed by atoms with Crippen molar-refractivity contribution >= 4 is 16.9 Å². The second-order valence-electron chi connectivity index (χ2n) is 6.53. The van der Waals surface area contributed by atoms with Crippen molar-refractivity contribution in [3.05, 3.63) is 66.0 Å². The van der Waals surface area contributed by atoms with Gasteiger partial charge in [0.25, 0.3) is 0 Å². The van der Waals surface area contributed by atoms with Crippen molar-refractivity contribution in [1.82, 2.24) is 19.8 Å². The van der Waals surface area contributed by atoms with Crippen molar-refractivity contribution in [3.63, 3.8) is 0 Å². The Labute approximate surface area is 154 Å². The van der Waals surface area contributed by atoms with Gasteiger partial charge in [0.05, 0.1) is 11.0 Å². The SMILES string of the molecule is CCc1nc2ccccc2n1CC(=O)NCCN(C)Cc1ccccc1. The molecule has 1 amide bonds. The molecule has 0 aliphatic heterocycles. The molecule has 2 aromatic carbocycles. The third-order valence-corrected chi connectivity index (χ3v) is 4.46. The molecule has 26 heavy (non-hydrogen) atoms. The maximum absolute atomic E-state index is 12.4. The molecule has 0 saturated carbocycles. The average molecular weight is 350 g/mol. The van der Waals surface area contributed by atoms with E-state index in [9.17, 15) is 4.79 Å². The van der Waals surface area contributed by atoms with Crippen LogP contribution in [0.5, 0.6) is 0 Å². The molecule has 5 nitrogen and oxygen atoms in total. The Morgan fingerprint density at radius 1 is 1.12 bits per heavy atom. The first kappa shape index (κ1) is 18.1. The van der Waals surface area contributed by atoms with Crippen LogP contribution in [0.4, 0.5) is 0 Å². The van der Waals surface area contributed by atoms with E-state index in [0.29, 0.717) is 13.1 Å². The number of carbonyl (C=O) groups excluding carboxylic acids is 1. The molecule has 3 rings (SSSR count). The molecule has 0 atom stereocenters. The first-order valence-corrected chi connectivity index (χ1v) is 9.10. The summed E-state index contributed by atoms with van der Waals surface area (Å²) in [4.78, 5) is 19.2. The molecule has 5 heteroatoms. The number of fused-ring (bicyclic) bond motifs is 1. The number of benzene rings is 2. The zero-order valence-electron chi connectivity index (χ0n) is 15.5. The number of aryl methyl sites for hydroxylation is 1. The molecule has 1 N–H and O–H groups in total. The van der Waals surface area contributed by atoms with E-state index in [1.807, 2.05) is 47.0 Å². The fourth-order valence-electron chi connectivity index (χ4n) is 3.13. The quantitative estimate of drug-likeness (QED) is 0.680. The minimum atomic E-state index is 0.0240. The van der Waals surface area contributed by atoms with Crippen LogP contribution in [0.1, 0.15) is 18.3 Å². The number of aromatic nitrogens is 2. The van der Waals surface area contributed by atoms with E-state index >= 15 is 0 Å². The number of rotatable bonds is 8. The van der Waals surface area contributed by atoms with Gasteiger partial charge in [0.2, 0.25) is 5.91 Å². The van der Waals surface area contributed by atoms with Crippen LogP contribution < -0.4 is 5.32 Å². The van der Waals surface area contributed by atoms with Gasteiger partial charge in [0.15, 0.2) is 0 Å². The highest BCUT2D eigenvalue weighted by Crippen LogP contribution is 2.16. The van der Waals surface area contributed by atoms with Crippen LogP contribution in [-0.4, -0.2) is 40.5 Å². The molecule has 0 spiro atoms. The Bertz CT molecular complexity index is 857. The minimum Gasteiger partial charge on any atom is -0.353 e. The fraction of sp³-hybridized carbons (Fsp3) is 0.333. The predicted molar refractivity (Wildman–Crippen MR) is 105 cm³/mol. The topological polar surface area (TPSA) is 50.2 Å². The maximum Gasteiger partial charge on any atom is 0.240 e. The van der Waals surface area contributed by atoms with Crippen LogP contribution in [0.2, 0.25) is 0 Å². The zero-order chi connectivity index (χ0) is 18.4. The van der Waals surface area contributed by atoms with Crippen molar-refractivity contribution in [2.24, 2.45) is 0 Å². The second-order valence-corrected chi connectivity index (χ2v) is 6.53. The molecule has 0 bridgehead atoms. The van der Waals surface area contributed by atoms with Gasteiger partial charge >= 0.3 is 0 Å². The number of likely N-dealkylation sites (N-methyl/N-ethyl adjacent to an activating group) is 1. The van der Waals surface area contributed by atoms with Gasteiger partial charge in [-0.3, -0.25) is 4.79 Å². The van der Waals surface area contributed by atoms with Crippen LogP contribution in [0, 0.1) is 0 Å². The van der Waals surface area contributed by atoms with Crippen molar-refractivity contribution in [3.8, 4) is 0 Å². The molecule has 0 aliphatic carbocycles. The predicted octanol–water partition coefficient (Wildman–Crippen LogP) is 2.85. The maximum atomic E-state index is 12.4. The third-order valence-electron chi connectivity index (χ3n) is 4.46. The number of amides is 1. The average Bonchev–Trinajstić information content (AvgIpc) is 3.00. The van der Waals surface area contributed by atoms with Gasteiger partial charge in [0.1, 0.15) is 12.4 Å². The van der Waals surface area contributed by atoms with Gasteiger partial charge < -0.3 is 14.8 Å². The van der Waals surface area contributed by atoms with Crippen LogP contribution in [-0.2, 0) is 24.3 Å². The minimum absolute atomic E-state index is 0.0240. The number of carbonyl (C=O) groups is 1. The fourth-order valence-corrected chi connectivity index (χ4v) is 3.13. The molecule has 0 saturated heterocycles. The standard InChI is InChI=1S/C21H26N4O/c1-3-20-23-18-11-7-8-12-19(18)25(20)16-21(26)22-13-14-24(2)15-17-9-5-4-6-10-17/h4-12H,3,13-16H2,1-2H3,(H,22,26). The number of nitrogens with zero attached hydrogens (tertiary/aromatic N) is 3. The first-order chi connectivity index (χ1) is 12.7. The number of para-hydroxylation sites is 2. The van der Waals surface area contributed by atoms with Crippen LogP contribution in [0.15, 0.2) is 54.6 Å². The molecule has 3 aromatic rings. The molecule has 0 radical (unpaired) electrons. The van der Waals surface area contributed by atoms with Crippen LogP contribution in [0.3, 0.4) is 0 Å². The van der Waals surface area contributed by atoms with Gasteiger partial charge in [-0.05, 0) is 24.7 Å². The molecule has 1 aromatic heterocycles. The number of hydrogen-bond acceptors (Lipinski definition) is 3. The Morgan fingerprint density at radius 3 is 2.62 bits per heavy atom. The zero-order valence-corrected chi connectivity index (χ0v) is 15.5. The lowest BCUT2D eigenvalue weighted by molar-refractivity contribution is -0.121. The largest absolute Gasteiger partial charge is 0.353 e. The molecule has 0 unspecified atom stereocenters. The lowest BCUT2D eigenvalue weighted by Crippen LogP contribution is -2.34. The number of imidazole rings is 1. The van der Waals surface area contributed by atoms with E-state index in [1.54, 1.807) is 0 Å². The third kappa shape index (κ3) is 4.49. The molecular weight excluding hydrogens is 324 g/mol. The second kappa shape index (κ2) is 8.63. The summed E-state index contributed by atoms with van der Waals surface area (Å²) in [6, 6.07) is 18.3. The van der Waals surface area contributed by atoms with Crippen LogP contribution >= 0.6 is 0 Å². The van der Waals surface area contributed by atoms with Gasteiger partial charge in [-0.15, -0.1) is 0 Å². The van der Waals surface area contributed by atoms with E-state index < -0.39 is 0 Å². The number of nitrogens with one attached hydrogen (secondary N) is 1. The number of hydrogen-bond donors (Lipinski definition) is 1. The normalized spacial score (nSPS) is 11.2. The molecular formula is C21H26N4O. The molecule has 0 fully saturated rings. The Balaban J connectivity index is 1.52. The summed E-state index contributed by atoms with van der Waals surface area (Å²) in [6.45, 7) is 4.70. The van der Waals surface area contributed by atoms with E-state index in [4.69, 9.17) is 0 Å². The van der Waals surface area contributed by atoms with Gasteiger partial charge in [-0.2, -0.15) is 0 Å². The molecule has 0 aliphatic rings. The van der Waals surface area contributed by atoms with Crippen molar-refractivity contribution in [2.45, 2.75) is 26.4 Å². The smallest absolute Gasteiger partial charge is 0.240 e. The van der Waals surface area contributed by atoms with E-state index in [1.165, 1.54) is 5.56 Å². The van der Waals surface area contributed by atoms with Gasteiger partial charge in [-0.1, -0.05) is 49.4 Å². The highest BCUT2D eigenvalue weighted by Gasteiger charge is 2.12. The lowest BCUT2D eigenvalue weighted by Gasteiger charge is -2.17. The highest BCUT2D eigenvalue weighted by atomic mass is 16.1. The van der Waals surface area contributed by atoms with Gasteiger partial charge in [-0.25, -0.2) is 4.98 Å². The lowest BCUT2D eigenvalue weighted by atomic mass is 10.2. The van der Waals surface area contributed by atoms with E-state index in [-0.39, 0.29) is 5.91 Å². The molecule has 136 valence electrons. The first-order valence-electron chi connectivity index (χ1n) is 9.10.